The number of allylic oxidation sites excluding steroid dienone is 3. The minimum atomic E-state index is 0.0292. The predicted octanol–water partition coefficient (Wildman–Crippen LogP) is 4.32. The van der Waals surface area contributed by atoms with E-state index in [2.05, 4.69) is 48.5 Å². The number of carbonyl (C=O) groups excluding carboxylic acids is 1. The van der Waals surface area contributed by atoms with Gasteiger partial charge in [0.25, 0.3) is 5.91 Å². The zero-order chi connectivity index (χ0) is 22.2. The molecule has 3 heterocycles. The summed E-state index contributed by atoms with van der Waals surface area (Å²) in [4.78, 5) is 17.6. The third kappa shape index (κ3) is 4.42. The van der Waals surface area contributed by atoms with Crippen molar-refractivity contribution in [2.45, 2.75) is 52.5 Å². The molecule has 1 aromatic carbocycles. The summed E-state index contributed by atoms with van der Waals surface area (Å²) in [5.41, 5.74) is 7.15. The summed E-state index contributed by atoms with van der Waals surface area (Å²) in [5.74, 6) is 0.951. The first-order valence-electron chi connectivity index (χ1n) is 11.8. The second-order valence-electron chi connectivity index (χ2n) is 9.65. The van der Waals surface area contributed by atoms with Gasteiger partial charge in [0.15, 0.2) is 0 Å². The molecule has 1 unspecified atom stereocenters. The smallest absolute Gasteiger partial charge is 0.251 e. The van der Waals surface area contributed by atoms with Gasteiger partial charge in [-0.1, -0.05) is 25.1 Å². The zero-order valence-corrected chi connectivity index (χ0v) is 19.2. The van der Waals surface area contributed by atoms with Crippen LogP contribution in [-0.4, -0.2) is 48.1 Å². The number of aryl methyl sites for hydroxylation is 1. The highest BCUT2D eigenvalue weighted by molar-refractivity contribution is 6.14. The number of hydrazone groups is 1. The van der Waals surface area contributed by atoms with Gasteiger partial charge in [0.05, 0.1) is 30.3 Å². The Kier molecular flexibility index (Phi) is 5.72. The summed E-state index contributed by atoms with van der Waals surface area (Å²) < 4.78 is 5.32. The van der Waals surface area contributed by atoms with Gasteiger partial charge in [0.2, 0.25) is 0 Å². The summed E-state index contributed by atoms with van der Waals surface area (Å²) in [6.45, 7) is 8.76. The molecule has 168 valence electrons. The van der Waals surface area contributed by atoms with Crippen molar-refractivity contribution in [1.29, 1.82) is 0 Å². The maximum Gasteiger partial charge on any atom is 0.251 e. The molecule has 0 bridgehead atoms. The monoisotopic (exact) mass is 432 g/mol. The van der Waals surface area contributed by atoms with Gasteiger partial charge in [0, 0.05) is 41.8 Å². The summed E-state index contributed by atoms with van der Waals surface area (Å²) >= 11 is 0. The van der Waals surface area contributed by atoms with Crippen LogP contribution in [0.1, 0.15) is 61.0 Å². The average molecular weight is 433 g/mol. The third-order valence-electron chi connectivity index (χ3n) is 6.50. The van der Waals surface area contributed by atoms with Crippen LogP contribution in [0.4, 0.5) is 0 Å². The topological polar surface area (TPSA) is 66.3 Å². The Morgan fingerprint density at radius 3 is 2.75 bits per heavy atom. The highest BCUT2D eigenvalue weighted by Crippen LogP contribution is 2.34. The maximum absolute atomic E-state index is 12.6. The highest BCUT2D eigenvalue weighted by Gasteiger charge is 2.29. The van der Waals surface area contributed by atoms with Crippen LogP contribution in [0.5, 0.6) is 0 Å². The van der Waals surface area contributed by atoms with Crippen LogP contribution >= 0.6 is 0 Å². The number of benzene rings is 1. The van der Waals surface area contributed by atoms with Crippen molar-refractivity contribution in [3.8, 4) is 0 Å². The highest BCUT2D eigenvalue weighted by atomic mass is 16.5. The number of aliphatic imine (C=N–C) groups is 1. The van der Waals surface area contributed by atoms with Crippen molar-refractivity contribution < 1.29 is 9.53 Å². The second kappa shape index (κ2) is 8.66. The summed E-state index contributed by atoms with van der Waals surface area (Å²) in [6, 6.07) is 6.48. The summed E-state index contributed by atoms with van der Waals surface area (Å²) in [6.07, 6.45) is 8.50. The molecule has 2 fully saturated rings. The molecule has 1 saturated carbocycles. The van der Waals surface area contributed by atoms with Gasteiger partial charge < -0.3 is 10.1 Å². The first-order valence-corrected chi connectivity index (χ1v) is 11.8. The first kappa shape index (κ1) is 21.1. The van der Waals surface area contributed by atoms with Crippen LogP contribution < -0.4 is 5.32 Å². The number of amides is 1. The van der Waals surface area contributed by atoms with E-state index in [1.807, 2.05) is 13.0 Å². The van der Waals surface area contributed by atoms with E-state index < -0.39 is 0 Å². The number of nitrogens with one attached hydrogen (secondary N) is 1. The van der Waals surface area contributed by atoms with E-state index in [0.717, 1.165) is 84.9 Å². The SMILES string of the molecule is CC1=NN2C(=CCC(C)C=C2c2ccc(C(=O)NC3CC3)c(C)c2)C(=NCC2COC2)C1. The van der Waals surface area contributed by atoms with E-state index in [4.69, 9.17) is 14.8 Å². The molecule has 0 spiro atoms. The second-order valence-corrected chi connectivity index (χ2v) is 9.65. The standard InChI is InChI=1S/C26H32N4O2/c1-16-4-9-24-23(27-13-19-14-32-15-19)12-18(3)29-30(24)25(10-16)20-5-8-22(17(2)11-20)26(31)28-21-6-7-21/h5,8-11,16,19,21H,4,6-7,12-15H2,1-3H3,(H,28,31). The van der Waals surface area contributed by atoms with Crippen LogP contribution in [0.15, 0.2) is 46.1 Å². The molecule has 3 aliphatic heterocycles. The molecule has 5 rings (SSSR count). The fourth-order valence-corrected chi connectivity index (χ4v) is 4.36. The molecule has 1 aliphatic carbocycles. The number of rotatable bonds is 5. The van der Waals surface area contributed by atoms with Crippen molar-refractivity contribution >= 4 is 23.0 Å². The molecule has 1 saturated heterocycles. The van der Waals surface area contributed by atoms with Gasteiger partial charge in [-0.15, -0.1) is 0 Å². The van der Waals surface area contributed by atoms with Gasteiger partial charge in [-0.25, -0.2) is 5.01 Å². The average Bonchev–Trinajstić information content (AvgIpc) is 3.54. The number of ether oxygens (including phenoxy) is 1. The minimum absolute atomic E-state index is 0.0292. The Morgan fingerprint density at radius 2 is 2.06 bits per heavy atom. The zero-order valence-electron chi connectivity index (χ0n) is 19.2. The largest absolute Gasteiger partial charge is 0.381 e. The van der Waals surface area contributed by atoms with E-state index in [-0.39, 0.29) is 5.91 Å². The fourth-order valence-electron chi connectivity index (χ4n) is 4.36. The number of hydrogen-bond acceptors (Lipinski definition) is 5. The fraction of sp³-hybridized carbons (Fsp3) is 0.500. The van der Waals surface area contributed by atoms with E-state index in [1.165, 1.54) is 0 Å². The molecule has 4 aliphatic rings. The first-order chi connectivity index (χ1) is 15.5. The van der Waals surface area contributed by atoms with Crippen molar-refractivity contribution in [2.24, 2.45) is 21.9 Å². The van der Waals surface area contributed by atoms with Crippen molar-refractivity contribution in [2.75, 3.05) is 19.8 Å². The van der Waals surface area contributed by atoms with Crippen LogP contribution in [0.3, 0.4) is 0 Å². The third-order valence-corrected chi connectivity index (χ3v) is 6.50. The molecule has 6 nitrogen and oxygen atoms in total. The lowest BCUT2D eigenvalue weighted by Gasteiger charge is -2.31. The van der Waals surface area contributed by atoms with E-state index in [1.54, 1.807) is 0 Å². The molecule has 1 aromatic rings. The summed E-state index contributed by atoms with van der Waals surface area (Å²) in [5, 5.41) is 10.1. The summed E-state index contributed by atoms with van der Waals surface area (Å²) in [7, 11) is 0. The van der Waals surface area contributed by atoms with Gasteiger partial charge in [0.1, 0.15) is 0 Å². The Labute approximate surface area is 190 Å². The maximum atomic E-state index is 12.6. The van der Waals surface area contributed by atoms with E-state index in [9.17, 15) is 4.79 Å². The molecule has 6 heteroatoms. The van der Waals surface area contributed by atoms with E-state index >= 15 is 0 Å². The van der Waals surface area contributed by atoms with Gasteiger partial charge in [-0.2, -0.15) is 5.10 Å². The lowest BCUT2D eigenvalue weighted by molar-refractivity contribution is -0.0265. The molecule has 32 heavy (non-hydrogen) atoms. The molecular formula is C26H32N4O2. The van der Waals surface area contributed by atoms with Gasteiger partial charge >= 0.3 is 0 Å². The Hall–Kier alpha value is -2.73. The van der Waals surface area contributed by atoms with Crippen LogP contribution in [0, 0.1) is 18.8 Å². The number of nitrogens with zero attached hydrogens (tertiary/aromatic N) is 3. The molecule has 0 radical (unpaired) electrons. The minimum Gasteiger partial charge on any atom is -0.381 e. The Morgan fingerprint density at radius 1 is 1.25 bits per heavy atom. The molecule has 1 N–H and O–H groups in total. The molecular weight excluding hydrogens is 400 g/mol. The number of fused-ring (bicyclic) bond motifs is 1. The lowest BCUT2D eigenvalue weighted by atomic mass is 9.99. The van der Waals surface area contributed by atoms with Crippen LogP contribution in [0.25, 0.3) is 5.70 Å². The van der Waals surface area contributed by atoms with Crippen LogP contribution in [-0.2, 0) is 4.74 Å². The lowest BCUT2D eigenvalue weighted by Crippen LogP contribution is -2.32. The van der Waals surface area contributed by atoms with Crippen LogP contribution in [0.2, 0.25) is 0 Å². The normalized spacial score (nSPS) is 24.7. The predicted molar refractivity (Wildman–Crippen MR) is 128 cm³/mol. The quantitative estimate of drug-likeness (QED) is 0.754. The molecule has 1 atom stereocenters. The van der Waals surface area contributed by atoms with E-state index in [0.29, 0.717) is 17.9 Å². The Balaban J connectivity index is 1.46. The van der Waals surface area contributed by atoms with Gasteiger partial charge in [-0.3, -0.25) is 9.79 Å². The molecule has 0 aromatic heterocycles. The number of carbonyl (C=O) groups is 1. The number of hydrogen-bond donors (Lipinski definition) is 1. The van der Waals surface area contributed by atoms with Crippen molar-refractivity contribution in [3.05, 3.63) is 52.7 Å². The van der Waals surface area contributed by atoms with Gasteiger partial charge in [-0.05, 0) is 56.7 Å². The van der Waals surface area contributed by atoms with Crippen molar-refractivity contribution in [3.63, 3.8) is 0 Å². The van der Waals surface area contributed by atoms with Crippen molar-refractivity contribution in [1.82, 2.24) is 10.3 Å². The molecule has 1 amide bonds. The Bertz CT molecular complexity index is 1040.